The normalized spacial score (nSPS) is 13.3. The van der Waals surface area contributed by atoms with Gasteiger partial charge in [-0.2, -0.15) is 17.5 Å². The Labute approximate surface area is 231 Å². The first-order valence-corrected chi connectivity index (χ1v) is 14.9. The van der Waals surface area contributed by atoms with Gasteiger partial charge in [0, 0.05) is 0 Å². The Kier molecular flexibility index (Phi) is 6.44. The van der Waals surface area contributed by atoms with E-state index in [1.54, 1.807) is 0 Å². The number of hydrogen-bond donors (Lipinski definition) is 0. The van der Waals surface area contributed by atoms with E-state index in [4.69, 9.17) is 0 Å². The van der Waals surface area contributed by atoms with Crippen LogP contribution in [0.5, 0.6) is 0 Å². The molecule has 0 N–H and O–H groups in total. The van der Waals surface area contributed by atoms with Gasteiger partial charge in [-0.1, -0.05) is 60.7 Å². The molecule has 0 amide bonds. The van der Waals surface area contributed by atoms with Crippen molar-refractivity contribution in [3.8, 4) is 0 Å². The SMILES string of the molecule is c1cc(CCc2cc3ccc2CCc2ccc(c(CCc4cccc5nsnc45)c2)CC3)c2nsnc2c1. The molecule has 6 aromatic rings. The molecule has 188 valence electrons. The zero-order valence-corrected chi connectivity index (χ0v) is 22.8. The molecular weight excluding hydrogens is 505 g/mol. The molecule has 2 aromatic heterocycles. The first kappa shape index (κ1) is 23.6. The van der Waals surface area contributed by atoms with E-state index < -0.39 is 0 Å². The van der Waals surface area contributed by atoms with E-state index in [2.05, 4.69) is 90.3 Å². The molecule has 4 aromatic carbocycles. The van der Waals surface area contributed by atoms with Crippen molar-refractivity contribution in [1.29, 1.82) is 0 Å². The van der Waals surface area contributed by atoms with Crippen molar-refractivity contribution >= 4 is 45.5 Å². The second-order valence-electron chi connectivity index (χ2n) is 10.3. The lowest BCUT2D eigenvalue weighted by Gasteiger charge is -2.17. The van der Waals surface area contributed by atoms with Gasteiger partial charge in [0.15, 0.2) is 0 Å². The van der Waals surface area contributed by atoms with E-state index in [-0.39, 0.29) is 0 Å². The molecule has 4 bridgehead atoms. The fourth-order valence-corrected chi connectivity index (χ4v) is 6.98. The van der Waals surface area contributed by atoms with Crippen LogP contribution >= 0.6 is 23.5 Å². The summed E-state index contributed by atoms with van der Waals surface area (Å²) in [6.45, 7) is 0. The van der Waals surface area contributed by atoms with Crippen molar-refractivity contribution in [2.75, 3.05) is 0 Å². The van der Waals surface area contributed by atoms with Crippen molar-refractivity contribution in [3.05, 3.63) is 117 Å². The van der Waals surface area contributed by atoms with Gasteiger partial charge in [-0.05, 0) is 108 Å². The summed E-state index contributed by atoms with van der Waals surface area (Å²) in [7, 11) is 0. The fourth-order valence-electron chi connectivity index (χ4n) is 5.85. The Morgan fingerprint density at radius 1 is 0.474 bits per heavy atom. The maximum absolute atomic E-state index is 4.55. The Hall–Kier alpha value is -3.48. The first-order chi connectivity index (χ1) is 18.8. The lowest BCUT2D eigenvalue weighted by atomic mass is 9.88. The monoisotopic (exact) mass is 532 g/mol. The Balaban J connectivity index is 1.11. The van der Waals surface area contributed by atoms with Crippen LogP contribution in [-0.4, -0.2) is 17.5 Å². The van der Waals surface area contributed by atoms with E-state index in [0.717, 1.165) is 73.4 Å². The van der Waals surface area contributed by atoms with E-state index >= 15 is 0 Å². The van der Waals surface area contributed by atoms with Gasteiger partial charge in [0.25, 0.3) is 0 Å². The minimum Gasteiger partial charge on any atom is -0.173 e. The predicted octanol–water partition coefficient (Wildman–Crippen LogP) is 7.15. The highest BCUT2D eigenvalue weighted by atomic mass is 32.1. The van der Waals surface area contributed by atoms with Gasteiger partial charge in [0.1, 0.15) is 22.1 Å². The lowest BCUT2D eigenvalue weighted by Crippen LogP contribution is -2.06. The molecule has 0 saturated carbocycles. The summed E-state index contributed by atoms with van der Waals surface area (Å²) >= 11 is 2.62. The average molecular weight is 533 g/mol. The van der Waals surface area contributed by atoms with Crippen molar-refractivity contribution < 1.29 is 0 Å². The Morgan fingerprint density at radius 2 is 0.947 bits per heavy atom. The van der Waals surface area contributed by atoms with E-state index in [1.807, 2.05) is 0 Å². The third kappa shape index (κ3) is 4.74. The number of rotatable bonds is 6. The second-order valence-corrected chi connectivity index (χ2v) is 11.4. The zero-order valence-electron chi connectivity index (χ0n) is 21.2. The van der Waals surface area contributed by atoms with E-state index in [1.165, 1.54) is 68.0 Å². The quantitative estimate of drug-likeness (QED) is 0.229. The van der Waals surface area contributed by atoms with Crippen molar-refractivity contribution in [3.63, 3.8) is 0 Å². The van der Waals surface area contributed by atoms with Gasteiger partial charge in [0.2, 0.25) is 0 Å². The summed E-state index contributed by atoms with van der Waals surface area (Å²) < 4.78 is 18.0. The largest absolute Gasteiger partial charge is 0.173 e. The summed E-state index contributed by atoms with van der Waals surface area (Å²) in [5.74, 6) is 0. The maximum Gasteiger partial charge on any atom is 0.107 e. The Morgan fingerprint density at radius 3 is 1.45 bits per heavy atom. The minimum absolute atomic E-state index is 0.998. The molecule has 0 saturated heterocycles. The minimum atomic E-state index is 0.998. The third-order valence-electron chi connectivity index (χ3n) is 7.97. The summed E-state index contributed by atoms with van der Waals surface area (Å²) in [5, 5.41) is 0. The summed E-state index contributed by atoms with van der Waals surface area (Å²) in [4.78, 5) is 0. The standard InChI is InChI=1S/C32H28N4S2/c1-3-25(31-29(5-1)33-37-35-31)15-17-27-19-21-7-11-23(27)13-9-22-8-12-24(14-10-21)28(20-22)18-16-26-4-2-6-30-32(26)36-38-34-30/h1-8,11-12,19-20H,9-10,13-18H2. The number of nitrogens with zero attached hydrogens (tertiary/aromatic N) is 4. The predicted molar refractivity (Wildman–Crippen MR) is 157 cm³/mol. The van der Waals surface area contributed by atoms with Crippen LogP contribution in [0.3, 0.4) is 0 Å². The highest BCUT2D eigenvalue weighted by molar-refractivity contribution is 7.00. The van der Waals surface area contributed by atoms with Gasteiger partial charge in [-0.15, -0.1) is 0 Å². The van der Waals surface area contributed by atoms with Gasteiger partial charge < -0.3 is 0 Å². The topological polar surface area (TPSA) is 51.6 Å². The number of aryl methyl sites for hydroxylation is 8. The van der Waals surface area contributed by atoms with Crippen LogP contribution in [0.2, 0.25) is 0 Å². The molecule has 0 spiro atoms. The molecule has 4 aliphatic rings. The molecule has 0 radical (unpaired) electrons. The van der Waals surface area contributed by atoms with Crippen LogP contribution < -0.4 is 0 Å². The number of hydrogen-bond acceptors (Lipinski definition) is 6. The number of benzene rings is 4. The molecule has 4 aliphatic carbocycles. The van der Waals surface area contributed by atoms with Crippen molar-refractivity contribution in [2.45, 2.75) is 51.4 Å². The van der Waals surface area contributed by atoms with Crippen LogP contribution in [-0.2, 0) is 51.4 Å². The Bertz CT molecular complexity index is 1620. The van der Waals surface area contributed by atoms with Crippen LogP contribution in [0.4, 0.5) is 0 Å². The third-order valence-corrected chi connectivity index (χ3v) is 9.06. The molecule has 38 heavy (non-hydrogen) atoms. The molecule has 2 heterocycles. The molecule has 10 rings (SSSR count). The lowest BCUT2D eigenvalue weighted by molar-refractivity contribution is 0.855. The summed E-state index contributed by atoms with van der Waals surface area (Å²) in [6.07, 6.45) is 8.35. The second kappa shape index (κ2) is 10.4. The van der Waals surface area contributed by atoms with Crippen LogP contribution in [0, 0.1) is 0 Å². The molecule has 0 atom stereocenters. The maximum atomic E-state index is 4.55. The molecule has 0 aliphatic heterocycles. The van der Waals surface area contributed by atoms with Crippen LogP contribution in [0.1, 0.15) is 44.5 Å². The van der Waals surface area contributed by atoms with Crippen molar-refractivity contribution in [1.82, 2.24) is 17.5 Å². The molecule has 4 nitrogen and oxygen atoms in total. The summed E-state index contributed by atoms with van der Waals surface area (Å²) in [5.41, 5.74) is 15.6. The number of fused-ring (bicyclic) bond motifs is 2. The zero-order chi connectivity index (χ0) is 25.3. The van der Waals surface area contributed by atoms with Crippen LogP contribution in [0.15, 0.2) is 72.8 Å². The molecule has 6 heteroatoms. The first-order valence-electron chi connectivity index (χ1n) is 13.4. The highest BCUT2D eigenvalue weighted by Crippen LogP contribution is 2.26. The molecule has 0 unspecified atom stereocenters. The highest BCUT2D eigenvalue weighted by Gasteiger charge is 2.13. The van der Waals surface area contributed by atoms with Crippen molar-refractivity contribution in [2.24, 2.45) is 0 Å². The van der Waals surface area contributed by atoms with Crippen LogP contribution in [0.25, 0.3) is 22.1 Å². The van der Waals surface area contributed by atoms with Gasteiger partial charge in [0.05, 0.1) is 23.5 Å². The fraction of sp³-hybridized carbons (Fsp3) is 0.250. The molecular formula is C32H28N4S2. The smallest absolute Gasteiger partial charge is 0.107 e. The number of aromatic nitrogens is 4. The van der Waals surface area contributed by atoms with Gasteiger partial charge in [-0.3, -0.25) is 0 Å². The van der Waals surface area contributed by atoms with Gasteiger partial charge in [-0.25, -0.2) is 0 Å². The summed E-state index contributed by atoms with van der Waals surface area (Å²) in [6, 6.07) is 27.2. The van der Waals surface area contributed by atoms with Gasteiger partial charge >= 0.3 is 0 Å². The molecule has 0 fully saturated rings. The van der Waals surface area contributed by atoms with E-state index in [9.17, 15) is 0 Å². The van der Waals surface area contributed by atoms with E-state index in [0.29, 0.717) is 0 Å². The average Bonchev–Trinajstić information content (AvgIpc) is 3.63.